The molecule has 7 nitrogen and oxygen atoms in total. The number of nitrogens with zero attached hydrogens (tertiary/aromatic N) is 3. The van der Waals surface area contributed by atoms with E-state index in [1.807, 2.05) is 0 Å². The molecular weight excluding hydrogens is 342 g/mol. The average Bonchev–Trinajstić information content (AvgIpc) is 2.63. The number of hydrogen-bond acceptors (Lipinski definition) is 4. The molecule has 0 saturated carbocycles. The lowest BCUT2D eigenvalue weighted by atomic mass is 10.0. The van der Waals surface area contributed by atoms with Crippen molar-refractivity contribution >= 4 is 11.9 Å². The molecule has 1 amide bonds. The van der Waals surface area contributed by atoms with Gasteiger partial charge in [-0.1, -0.05) is 26.7 Å². The second-order valence-corrected chi connectivity index (χ2v) is 8.06. The number of amides is 1. The number of ether oxygens (including phenoxy) is 1. The van der Waals surface area contributed by atoms with Crippen LogP contribution in [0, 0.1) is 5.92 Å². The number of morpholine rings is 1. The van der Waals surface area contributed by atoms with Crippen LogP contribution in [0.5, 0.6) is 0 Å². The minimum absolute atomic E-state index is 0.0110. The first-order valence-corrected chi connectivity index (χ1v) is 10.4. The van der Waals surface area contributed by atoms with Crippen molar-refractivity contribution in [1.82, 2.24) is 20.4 Å². The highest BCUT2D eigenvalue weighted by molar-refractivity contribution is 5.84. The summed E-state index contributed by atoms with van der Waals surface area (Å²) in [6.07, 6.45) is 4.59. The Morgan fingerprint density at radius 2 is 1.85 bits per heavy atom. The molecule has 27 heavy (non-hydrogen) atoms. The Balaban J connectivity index is 2.41. The quantitative estimate of drug-likeness (QED) is 0.322. The summed E-state index contributed by atoms with van der Waals surface area (Å²) in [5.41, 5.74) is 0. The van der Waals surface area contributed by atoms with Gasteiger partial charge in [0.05, 0.1) is 13.2 Å². The maximum Gasteiger partial charge on any atom is 0.243 e. The van der Waals surface area contributed by atoms with Crippen LogP contribution in [0.1, 0.15) is 46.5 Å². The van der Waals surface area contributed by atoms with E-state index < -0.39 is 0 Å². The number of carbonyl (C=O) groups excluding carboxylic acids is 1. The minimum Gasteiger partial charge on any atom is -0.379 e. The molecule has 0 aliphatic carbocycles. The van der Waals surface area contributed by atoms with Crippen molar-refractivity contribution in [1.29, 1.82) is 0 Å². The molecule has 1 unspecified atom stereocenters. The van der Waals surface area contributed by atoms with Gasteiger partial charge in [-0.25, -0.2) is 4.99 Å². The maximum atomic E-state index is 11.9. The first-order valence-electron chi connectivity index (χ1n) is 10.4. The first kappa shape index (κ1) is 23.7. The highest BCUT2D eigenvalue weighted by Gasteiger charge is 2.11. The zero-order valence-electron chi connectivity index (χ0n) is 18.1. The van der Waals surface area contributed by atoms with Gasteiger partial charge in [0, 0.05) is 39.8 Å². The van der Waals surface area contributed by atoms with E-state index in [0.29, 0.717) is 6.04 Å². The number of nitrogens with one attached hydrogen (secondary N) is 2. The van der Waals surface area contributed by atoms with Gasteiger partial charge in [-0.3, -0.25) is 9.69 Å². The molecule has 0 aromatic carbocycles. The summed E-state index contributed by atoms with van der Waals surface area (Å²) in [5.74, 6) is 1.49. The lowest BCUT2D eigenvalue weighted by molar-refractivity contribution is -0.127. The second kappa shape index (κ2) is 13.8. The van der Waals surface area contributed by atoms with Gasteiger partial charge in [-0.05, 0) is 32.2 Å². The molecule has 2 N–H and O–H groups in total. The van der Waals surface area contributed by atoms with Gasteiger partial charge >= 0.3 is 0 Å². The predicted octanol–water partition coefficient (Wildman–Crippen LogP) is 1.55. The summed E-state index contributed by atoms with van der Waals surface area (Å²) in [7, 11) is 3.52. The van der Waals surface area contributed by atoms with E-state index in [-0.39, 0.29) is 12.5 Å². The van der Waals surface area contributed by atoms with Crippen LogP contribution < -0.4 is 10.6 Å². The van der Waals surface area contributed by atoms with Crippen molar-refractivity contribution in [2.75, 3.05) is 60.0 Å². The Morgan fingerprint density at radius 1 is 1.15 bits per heavy atom. The molecule has 0 bridgehead atoms. The van der Waals surface area contributed by atoms with Crippen LogP contribution in [0.4, 0.5) is 0 Å². The third-order valence-electron chi connectivity index (χ3n) is 4.72. The molecule has 0 aromatic heterocycles. The highest BCUT2D eigenvalue weighted by atomic mass is 16.5. The van der Waals surface area contributed by atoms with Gasteiger partial charge in [0.2, 0.25) is 5.91 Å². The van der Waals surface area contributed by atoms with E-state index in [0.717, 1.165) is 64.1 Å². The fourth-order valence-corrected chi connectivity index (χ4v) is 2.91. The zero-order valence-corrected chi connectivity index (χ0v) is 18.1. The summed E-state index contributed by atoms with van der Waals surface area (Å²) in [6.45, 7) is 12.5. The summed E-state index contributed by atoms with van der Waals surface area (Å²) in [5, 5.41) is 6.85. The van der Waals surface area contributed by atoms with Gasteiger partial charge in [-0.15, -0.1) is 0 Å². The van der Waals surface area contributed by atoms with Crippen molar-refractivity contribution in [2.45, 2.75) is 52.5 Å². The van der Waals surface area contributed by atoms with Gasteiger partial charge in [0.25, 0.3) is 0 Å². The molecule has 1 aliphatic rings. The van der Waals surface area contributed by atoms with Crippen molar-refractivity contribution in [3.8, 4) is 0 Å². The van der Waals surface area contributed by atoms with Crippen LogP contribution in [0.2, 0.25) is 0 Å². The third-order valence-corrected chi connectivity index (χ3v) is 4.72. The molecule has 0 radical (unpaired) electrons. The number of guanidine groups is 1. The Bertz CT molecular complexity index is 434. The number of aliphatic imine (C=N–C) groups is 1. The van der Waals surface area contributed by atoms with Gasteiger partial charge in [0.1, 0.15) is 6.54 Å². The third kappa shape index (κ3) is 11.9. The summed E-state index contributed by atoms with van der Waals surface area (Å²) in [4.78, 5) is 20.3. The van der Waals surface area contributed by atoms with Crippen molar-refractivity contribution in [2.24, 2.45) is 10.9 Å². The number of hydrogen-bond donors (Lipinski definition) is 2. The normalized spacial score (nSPS) is 17.0. The molecule has 1 fully saturated rings. The van der Waals surface area contributed by atoms with Crippen LogP contribution in [-0.4, -0.2) is 87.7 Å². The van der Waals surface area contributed by atoms with Gasteiger partial charge < -0.3 is 20.3 Å². The topological polar surface area (TPSA) is 69.2 Å². The maximum absolute atomic E-state index is 11.9. The van der Waals surface area contributed by atoms with Gasteiger partial charge in [0.15, 0.2) is 5.96 Å². The zero-order chi connectivity index (χ0) is 20.1. The van der Waals surface area contributed by atoms with Crippen LogP contribution in [0.25, 0.3) is 0 Å². The second-order valence-electron chi connectivity index (χ2n) is 8.06. The van der Waals surface area contributed by atoms with Crippen LogP contribution in [0.15, 0.2) is 4.99 Å². The fraction of sp³-hybridized carbons (Fsp3) is 0.900. The lowest BCUT2D eigenvalue weighted by Crippen LogP contribution is -2.44. The minimum atomic E-state index is 0.0110. The standard InChI is InChI=1S/C20H41N5O2/c1-17(2)8-6-9-18(3)23-20(22-16-19(26)24(4)5)21-10-7-11-25-12-14-27-15-13-25/h17-18H,6-16H2,1-5H3,(H2,21,22,23). The Hall–Kier alpha value is -1.34. The smallest absolute Gasteiger partial charge is 0.243 e. The molecule has 1 aliphatic heterocycles. The molecule has 0 spiro atoms. The van der Waals surface area contributed by atoms with E-state index in [1.165, 1.54) is 12.8 Å². The Kier molecular flexibility index (Phi) is 12.1. The van der Waals surface area contributed by atoms with Crippen molar-refractivity contribution in [3.63, 3.8) is 0 Å². The SMILES string of the molecule is CC(C)CCCC(C)NC(=NCC(=O)N(C)C)NCCCN1CCOCC1. The average molecular weight is 384 g/mol. The monoisotopic (exact) mass is 383 g/mol. The largest absolute Gasteiger partial charge is 0.379 e. The van der Waals surface area contributed by atoms with Crippen molar-refractivity contribution in [3.05, 3.63) is 0 Å². The van der Waals surface area contributed by atoms with E-state index in [4.69, 9.17) is 4.74 Å². The molecule has 7 heteroatoms. The van der Waals surface area contributed by atoms with Gasteiger partial charge in [-0.2, -0.15) is 0 Å². The number of likely N-dealkylation sites (N-methyl/N-ethyl adjacent to an activating group) is 1. The molecule has 1 atom stereocenters. The van der Waals surface area contributed by atoms with E-state index in [2.05, 4.69) is 41.3 Å². The van der Waals surface area contributed by atoms with Crippen LogP contribution in [-0.2, 0) is 9.53 Å². The number of carbonyl (C=O) groups is 1. The van der Waals surface area contributed by atoms with E-state index in [1.54, 1.807) is 19.0 Å². The van der Waals surface area contributed by atoms with E-state index in [9.17, 15) is 4.79 Å². The number of rotatable bonds is 11. The summed E-state index contributed by atoms with van der Waals surface area (Å²) in [6, 6.07) is 0.337. The van der Waals surface area contributed by atoms with E-state index >= 15 is 0 Å². The van der Waals surface area contributed by atoms with Crippen LogP contribution in [0.3, 0.4) is 0 Å². The molecule has 1 saturated heterocycles. The summed E-state index contributed by atoms with van der Waals surface area (Å²) < 4.78 is 5.39. The molecular formula is C20H41N5O2. The summed E-state index contributed by atoms with van der Waals surface area (Å²) >= 11 is 0. The Morgan fingerprint density at radius 3 is 2.48 bits per heavy atom. The molecule has 158 valence electrons. The van der Waals surface area contributed by atoms with Crippen molar-refractivity contribution < 1.29 is 9.53 Å². The molecule has 1 rings (SSSR count). The fourth-order valence-electron chi connectivity index (χ4n) is 2.91. The predicted molar refractivity (Wildman–Crippen MR) is 112 cm³/mol. The molecule has 0 aromatic rings. The first-order chi connectivity index (χ1) is 12.9. The highest BCUT2D eigenvalue weighted by Crippen LogP contribution is 2.08. The Labute approximate surface area is 165 Å². The molecule has 1 heterocycles. The lowest BCUT2D eigenvalue weighted by Gasteiger charge is -2.26. The van der Waals surface area contributed by atoms with Crippen LogP contribution >= 0.6 is 0 Å².